The van der Waals surface area contributed by atoms with E-state index < -0.39 is 0 Å². The van der Waals surface area contributed by atoms with E-state index >= 15 is 0 Å². The molecule has 0 bridgehead atoms. The molecule has 0 radical (unpaired) electrons. The largest absolute Gasteiger partial charge is 0.347 e. The quantitative estimate of drug-likeness (QED) is 0.809. The third-order valence-corrected chi connectivity index (χ3v) is 3.46. The summed E-state index contributed by atoms with van der Waals surface area (Å²) >= 11 is 12.2. The topological polar surface area (TPSA) is 17.0 Å². The molecule has 2 rings (SSSR count). The third kappa shape index (κ3) is 3.19. The van der Waals surface area contributed by atoms with Gasteiger partial charge < -0.3 is 9.88 Å². The van der Waals surface area contributed by atoms with Crippen LogP contribution in [-0.2, 0) is 6.54 Å². The number of aromatic nitrogens is 1. The molecular weight excluding hydrogens is 267 g/mol. The Morgan fingerprint density at radius 3 is 2.78 bits per heavy atom. The molecule has 1 aromatic carbocycles. The van der Waals surface area contributed by atoms with E-state index in [0.29, 0.717) is 11.1 Å². The van der Waals surface area contributed by atoms with Gasteiger partial charge in [0.15, 0.2) is 0 Å². The predicted octanol–water partition coefficient (Wildman–Crippen LogP) is 4.34. The maximum absolute atomic E-state index is 6.17. The molecule has 0 aliphatic rings. The van der Waals surface area contributed by atoms with Gasteiger partial charge in [0.2, 0.25) is 0 Å². The molecule has 98 valence electrons. The molecule has 1 N–H and O–H groups in total. The number of benzene rings is 1. The zero-order valence-electron chi connectivity index (χ0n) is 10.7. The lowest BCUT2D eigenvalue weighted by molar-refractivity contribution is 0.541. The molecule has 2 aromatic rings. The van der Waals surface area contributed by atoms with Gasteiger partial charge in [-0.2, -0.15) is 0 Å². The number of halogens is 2. The number of hydrogen-bond acceptors (Lipinski definition) is 1. The van der Waals surface area contributed by atoms with Gasteiger partial charge in [-0.1, -0.05) is 37.0 Å². The van der Waals surface area contributed by atoms with Crippen LogP contribution >= 0.6 is 23.2 Å². The Kier molecular flexibility index (Phi) is 4.55. The van der Waals surface area contributed by atoms with Crippen molar-refractivity contribution in [3.63, 3.8) is 0 Å². The average molecular weight is 285 g/mol. The number of aryl methyl sites for hydroxylation is 1. The van der Waals surface area contributed by atoms with E-state index in [9.17, 15) is 0 Å². The van der Waals surface area contributed by atoms with E-state index in [1.165, 1.54) is 0 Å². The van der Waals surface area contributed by atoms with Crippen molar-refractivity contribution >= 4 is 34.1 Å². The van der Waals surface area contributed by atoms with Crippen molar-refractivity contribution in [3.8, 4) is 0 Å². The summed E-state index contributed by atoms with van der Waals surface area (Å²) in [5, 5.41) is 5.89. The number of nitrogens with one attached hydrogen (secondary N) is 1. The second kappa shape index (κ2) is 5.96. The Morgan fingerprint density at radius 2 is 2.06 bits per heavy atom. The van der Waals surface area contributed by atoms with E-state index in [-0.39, 0.29) is 0 Å². The minimum absolute atomic E-state index is 0.537. The summed E-state index contributed by atoms with van der Waals surface area (Å²) in [4.78, 5) is 0. The van der Waals surface area contributed by atoms with Crippen LogP contribution in [0.2, 0.25) is 10.0 Å². The number of hydrogen-bond donors (Lipinski definition) is 1. The minimum Gasteiger partial charge on any atom is -0.347 e. The van der Waals surface area contributed by atoms with Gasteiger partial charge >= 0.3 is 0 Å². The normalized spacial score (nSPS) is 11.6. The molecule has 0 aliphatic carbocycles. The zero-order chi connectivity index (χ0) is 13.1. The Hall–Kier alpha value is -0.700. The lowest BCUT2D eigenvalue weighted by atomic mass is 10.2. The predicted molar refractivity (Wildman–Crippen MR) is 79.7 cm³/mol. The Balaban J connectivity index is 2.09. The first kappa shape index (κ1) is 13.7. The van der Waals surface area contributed by atoms with Gasteiger partial charge in [0.05, 0.1) is 10.5 Å². The highest BCUT2D eigenvalue weighted by atomic mass is 35.5. The Bertz CT molecular complexity index is 532. The summed E-state index contributed by atoms with van der Waals surface area (Å²) in [5.41, 5.74) is 1.11. The molecule has 2 nitrogen and oxygen atoms in total. The Labute approximate surface area is 118 Å². The maximum Gasteiger partial charge on any atom is 0.0514 e. The van der Waals surface area contributed by atoms with E-state index in [2.05, 4.69) is 29.9 Å². The highest BCUT2D eigenvalue weighted by Crippen LogP contribution is 2.28. The highest BCUT2D eigenvalue weighted by Gasteiger charge is 2.06. The van der Waals surface area contributed by atoms with Gasteiger partial charge in [-0.3, -0.25) is 0 Å². The number of rotatable bonds is 5. The van der Waals surface area contributed by atoms with Gasteiger partial charge in [-0.15, -0.1) is 0 Å². The molecule has 0 fully saturated rings. The average Bonchev–Trinajstić information content (AvgIpc) is 2.67. The van der Waals surface area contributed by atoms with Crippen molar-refractivity contribution in [2.45, 2.75) is 32.9 Å². The summed E-state index contributed by atoms with van der Waals surface area (Å²) in [5.74, 6) is 0. The van der Waals surface area contributed by atoms with Crippen molar-refractivity contribution < 1.29 is 0 Å². The van der Waals surface area contributed by atoms with Gasteiger partial charge in [0.1, 0.15) is 0 Å². The fraction of sp³-hybridized carbons (Fsp3) is 0.429. The van der Waals surface area contributed by atoms with Crippen LogP contribution in [0.4, 0.5) is 0 Å². The van der Waals surface area contributed by atoms with Crippen LogP contribution in [0.15, 0.2) is 24.4 Å². The molecule has 1 heterocycles. The van der Waals surface area contributed by atoms with Crippen molar-refractivity contribution in [1.29, 1.82) is 0 Å². The van der Waals surface area contributed by atoms with Crippen LogP contribution in [0, 0.1) is 0 Å². The summed E-state index contributed by atoms with van der Waals surface area (Å²) in [6.07, 6.45) is 3.16. The molecule has 0 unspecified atom stereocenters. The SMILES string of the molecule is CC(C)NCCCn1ccc2c(Cl)cc(Cl)cc21. The fourth-order valence-electron chi connectivity index (χ4n) is 2.05. The van der Waals surface area contributed by atoms with Gasteiger partial charge in [0.25, 0.3) is 0 Å². The van der Waals surface area contributed by atoms with Crippen LogP contribution < -0.4 is 5.32 Å². The standard InChI is InChI=1S/C14H18Cl2N2/c1-10(2)17-5-3-6-18-7-4-12-13(16)8-11(15)9-14(12)18/h4,7-10,17H,3,5-6H2,1-2H3. The monoisotopic (exact) mass is 284 g/mol. The summed E-state index contributed by atoms with van der Waals surface area (Å²) in [6, 6.07) is 6.34. The van der Waals surface area contributed by atoms with E-state index in [1.54, 1.807) is 6.07 Å². The lowest BCUT2D eigenvalue weighted by Crippen LogP contribution is -2.24. The molecule has 1 aromatic heterocycles. The first-order valence-electron chi connectivity index (χ1n) is 6.25. The van der Waals surface area contributed by atoms with Crippen LogP contribution in [0.5, 0.6) is 0 Å². The molecule has 0 saturated heterocycles. The molecule has 0 atom stereocenters. The summed E-state index contributed by atoms with van der Waals surface area (Å²) in [7, 11) is 0. The second-order valence-corrected chi connectivity index (χ2v) is 5.64. The third-order valence-electron chi connectivity index (χ3n) is 2.93. The molecule has 4 heteroatoms. The Morgan fingerprint density at radius 1 is 1.28 bits per heavy atom. The molecule has 0 saturated carbocycles. The van der Waals surface area contributed by atoms with Crippen molar-refractivity contribution in [1.82, 2.24) is 9.88 Å². The maximum atomic E-state index is 6.17. The van der Waals surface area contributed by atoms with Crippen LogP contribution in [-0.4, -0.2) is 17.2 Å². The minimum atomic E-state index is 0.537. The van der Waals surface area contributed by atoms with Crippen molar-refractivity contribution in [3.05, 3.63) is 34.4 Å². The van der Waals surface area contributed by atoms with Crippen molar-refractivity contribution in [2.75, 3.05) is 6.54 Å². The molecule has 18 heavy (non-hydrogen) atoms. The van der Waals surface area contributed by atoms with Crippen LogP contribution in [0.1, 0.15) is 20.3 Å². The van der Waals surface area contributed by atoms with Gasteiger partial charge in [-0.05, 0) is 31.2 Å². The first-order valence-corrected chi connectivity index (χ1v) is 7.01. The van der Waals surface area contributed by atoms with E-state index in [0.717, 1.165) is 35.4 Å². The van der Waals surface area contributed by atoms with E-state index in [4.69, 9.17) is 23.2 Å². The smallest absolute Gasteiger partial charge is 0.0514 e. The van der Waals surface area contributed by atoms with Crippen molar-refractivity contribution in [2.24, 2.45) is 0 Å². The first-order chi connectivity index (χ1) is 8.58. The number of fused-ring (bicyclic) bond motifs is 1. The molecular formula is C14H18Cl2N2. The lowest BCUT2D eigenvalue weighted by Gasteiger charge is -2.09. The summed E-state index contributed by atoms with van der Waals surface area (Å²) in [6.45, 7) is 6.31. The highest BCUT2D eigenvalue weighted by molar-refractivity contribution is 6.38. The van der Waals surface area contributed by atoms with Crippen LogP contribution in [0.3, 0.4) is 0 Å². The molecule has 0 spiro atoms. The molecule has 0 amide bonds. The van der Waals surface area contributed by atoms with Gasteiger partial charge in [-0.25, -0.2) is 0 Å². The second-order valence-electron chi connectivity index (χ2n) is 4.79. The number of nitrogens with zero attached hydrogens (tertiary/aromatic N) is 1. The van der Waals surface area contributed by atoms with Crippen LogP contribution in [0.25, 0.3) is 10.9 Å². The summed E-state index contributed by atoms with van der Waals surface area (Å²) < 4.78 is 2.20. The fourth-order valence-corrected chi connectivity index (χ4v) is 2.60. The van der Waals surface area contributed by atoms with E-state index in [1.807, 2.05) is 12.1 Å². The van der Waals surface area contributed by atoms with Gasteiger partial charge in [0, 0.05) is 29.2 Å². The zero-order valence-corrected chi connectivity index (χ0v) is 12.2. The molecule has 0 aliphatic heterocycles.